The summed E-state index contributed by atoms with van der Waals surface area (Å²) in [5, 5.41) is 13.2. The third-order valence-electron chi connectivity index (χ3n) is 4.59. The molecular formula is C22H22F3N3O5. The van der Waals surface area contributed by atoms with Gasteiger partial charge in [0.05, 0.1) is 14.9 Å². The van der Waals surface area contributed by atoms with E-state index in [4.69, 9.17) is 7.48 Å². The van der Waals surface area contributed by atoms with Gasteiger partial charge in [-0.1, -0.05) is 12.1 Å². The normalized spacial score (nSPS) is 13.3. The number of hydrogen-bond donors (Lipinski definition) is 1. The highest BCUT2D eigenvalue weighted by Crippen LogP contribution is 2.29. The number of alkyl halides is 3. The summed E-state index contributed by atoms with van der Waals surface area (Å²) in [4.78, 5) is 24.3. The van der Waals surface area contributed by atoms with E-state index in [1.54, 1.807) is 13.8 Å². The molecule has 0 fully saturated rings. The first kappa shape index (κ1) is 21.1. The van der Waals surface area contributed by atoms with Crippen molar-refractivity contribution in [3.05, 3.63) is 69.9 Å². The zero-order valence-corrected chi connectivity index (χ0v) is 18.1. The maximum absolute atomic E-state index is 12.9. The van der Waals surface area contributed by atoms with Crippen molar-refractivity contribution in [2.75, 3.05) is 0 Å². The van der Waals surface area contributed by atoms with Gasteiger partial charge in [0.1, 0.15) is 17.8 Å². The molecule has 0 aliphatic carbocycles. The molecule has 3 aromatic rings. The highest BCUT2D eigenvalue weighted by atomic mass is 19.4. The standard InChI is InChI=1S/C22H22F3N3O5/c1-13-9-15(10-14(2)18(13)33-21(3,4)19(29)30)11-28-20(31)27(12-26-28)16-5-7-17(8-6-16)32-22(23,24)25/h5-10,12H,11H2,1-4H3,(H,29,30)/i11D2. The van der Waals surface area contributed by atoms with Crippen LogP contribution in [0.5, 0.6) is 11.5 Å². The van der Waals surface area contributed by atoms with E-state index >= 15 is 0 Å². The van der Waals surface area contributed by atoms with E-state index in [-0.39, 0.29) is 17.0 Å². The molecule has 8 nitrogen and oxygen atoms in total. The first-order valence-corrected chi connectivity index (χ1v) is 9.60. The Morgan fingerprint density at radius 3 is 2.21 bits per heavy atom. The molecule has 0 saturated carbocycles. The lowest BCUT2D eigenvalue weighted by Gasteiger charge is -2.24. The van der Waals surface area contributed by atoms with Crippen LogP contribution in [0.2, 0.25) is 0 Å². The maximum atomic E-state index is 12.9. The van der Waals surface area contributed by atoms with Crippen LogP contribution >= 0.6 is 0 Å². The zero-order valence-electron chi connectivity index (χ0n) is 20.1. The third-order valence-corrected chi connectivity index (χ3v) is 4.59. The number of rotatable bonds is 7. The number of hydrogen-bond acceptors (Lipinski definition) is 5. The molecule has 0 aliphatic rings. The van der Waals surface area contributed by atoms with Crippen molar-refractivity contribution in [3.8, 4) is 17.2 Å². The lowest BCUT2D eigenvalue weighted by Crippen LogP contribution is -2.38. The number of ether oxygens (including phenoxy) is 2. The molecule has 0 atom stereocenters. The van der Waals surface area contributed by atoms with Gasteiger partial charge < -0.3 is 14.6 Å². The van der Waals surface area contributed by atoms with Crippen molar-refractivity contribution in [2.45, 2.75) is 46.2 Å². The zero-order chi connectivity index (χ0) is 26.3. The number of carboxylic acids is 1. The van der Waals surface area contributed by atoms with Gasteiger partial charge in [-0.25, -0.2) is 18.8 Å². The van der Waals surface area contributed by atoms with Gasteiger partial charge in [-0.2, -0.15) is 5.10 Å². The van der Waals surface area contributed by atoms with Gasteiger partial charge in [-0.05, 0) is 68.7 Å². The van der Waals surface area contributed by atoms with Gasteiger partial charge in [-0.3, -0.25) is 0 Å². The van der Waals surface area contributed by atoms with E-state index in [0.717, 1.165) is 23.0 Å². The van der Waals surface area contributed by atoms with Crippen LogP contribution in [0.1, 0.15) is 33.3 Å². The lowest BCUT2D eigenvalue weighted by molar-refractivity contribution is -0.274. The summed E-state index contributed by atoms with van der Waals surface area (Å²) in [6.07, 6.45) is -3.81. The Balaban J connectivity index is 1.95. The van der Waals surface area contributed by atoms with Crippen LogP contribution in [-0.4, -0.2) is 37.4 Å². The van der Waals surface area contributed by atoms with Gasteiger partial charge >= 0.3 is 18.0 Å². The van der Waals surface area contributed by atoms with Crippen molar-refractivity contribution in [1.82, 2.24) is 14.3 Å². The van der Waals surface area contributed by atoms with E-state index in [1.807, 2.05) is 0 Å². The van der Waals surface area contributed by atoms with Gasteiger partial charge in [0.2, 0.25) is 0 Å². The summed E-state index contributed by atoms with van der Waals surface area (Å²) in [5.41, 5.74) is -1.28. The van der Waals surface area contributed by atoms with Crippen molar-refractivity contribution in [1.29, 1.82) is 0 Å². The molecule has 11 heteroatoms. The number of aliphatic carboxylic acids is 1. The van der Waals surface area contributed by atoms with Crippen molar-refractivity contribution in [3.63, 3.8) is 0 Å². The Bertz CT molecular complexity index is 1290. The molecule has 1 heterocycles. The van der Waals surface area contributed by atoms with Crippen LogP contribution in [0.3, 0.4) is 0 Å². The van der Waals surface area contributed by atoms with E-state index in [0.29, 0.717) is 15.8 Å². The Labute approximate surface area is 189 Å². The number of aryl methyl sites for hydroxylation is 2. The molecule has 1 aromatic heterocycles. The predicted octanol–water partition coefficient (Wildman–Crippen LogP) is 3.84. The number of nitrogens with zero attached hydrogens (tertiary/aromatic N) is 3. The summed E-state index contributed by atoms with van der Waals surface area (Å²) < 4.78 is 65.2. The maximum Gasteiger partial charge on any atom is 0.573 e. The fourth-order valence-corrected chi connectivity index (χ4v) is 2.96. The minimum atomic E-state index is -4.86. The second-order valence-electron chi connectivity index (χ2n) is 7.71. The van der Waals surface area contributed by atoms with Crippen LogP contribution in [0.15, 0.2) is 47.5 Å². The van der Waals surface area contributed by atoms with E-state index in [2.05, 4.69) is 9.84 Å². The first-order valence-electron chi connectivity index (χ1n) is 10.6. The Morgan fingerprint density at radius 2 is 1.70 bits per heavy atom. The van der Waals surface area contributed by atoms with Gasteiger partial charge in [0, 0.05) is 0 Å². The van der Waals surface area contributed by atoms with Gasteiger partial charge in [0.25, 0.3) is 0 Å². The topological polar surface area (TPSA) is 95.6 Å². The van der Waals surface area contributed by atoms with Crippen molar-refractivity contribution >= 4 is 5.97 Å². The minimum absolute atomic E-state index is 0.0641. The largest absolute Gasteiger partial charge is 0.573 e. The summed E-state index contributed by atoms with van der Waals surface area (Å²) in [7, 11) is 0. The quantitative estimate of drug-likeness (QED) is 0.567. The fourth-order valence-electron chi connectivity index (χ4n) is 2.96. The summed E-state index contributed by atoms with van der Waals surface area (Å²) in [5.74, 6) is -1.38. The number of carbonyl (C=O) groups is 1. The second-order valence-corrected chi connectivity index (χ2v) is 7.71. The van der Waals surface area contributed by atoms with Crippen molar-refractivity contribution < 1.29 is 35.3 Å². The minimum Gasteiger partial charge on any atom is -0.478 e. The average Bonchev–Trinajstić information content (AvgIpc) is 3.12. The predicted molar refractivity (Wildman–Crippen MR) is 112 cm³/mol. The molecule has 0 bridgehead atoms. The molecular weight excluding hydrogens is 443 g/mol. The van der Waals surface area contributed by atoms with Crippen LogP contribution < -0.4 is 15.2 Å². The fraction of sp³-hybridized carbons (Fsp3) is 0.318. The molecule has 176 valence electrons. The number of aromatic nitrogens is 3. The molecule has 0 spiro atoms. The molecule has 33 heavy (non-hydrogen) atoms. The molecule has 2 aromatic carbocycles. The van der Waals surface area contributed by atoms with Crippen LogP contribution in [0.25, 0.3) is 5.69 Å². The smallest absolute Gasteiger partial charge is 0.478 e. The number of halogens is 3. The van der Waals surface area contributed by atoms with Gasteiger partial charge in [0.15, 0.2) is 5.60 Å². The molecule has 0 amide bonds. The molecule has 3 rings (SSSR count). The Kier molecular flexibility index (Phi) is 5.53. The van der Waals surface area contributed by atoms with Gasteiger partial charge in [-0.15, -0.1) is 13.2 Å². The second kappa shape index (κ2) is 8.64. The van der Waals surface area contributed by atoms with E-state index < -0.39 is 35.9 Å². The van der Waals surface area contributed by atoms with Crippen molar-refractivity contribution in [2.24, 2.45) is 0 Å². The van der Waals surface area contributed by atoms with E-state index in [9.17, 15) is 27.9 Å². The van der Waals surface area contributed by atoms with E-state index in [1.165, 1.54) is 38.1 Å². The Hall–Kier alpha value is -3.76. The number of carboxylic acid groups (broad SMARTS) is 1. The lowest BCUT2D eigenvalue weighted by atomic mass is 10.0. The molecule has 0 saturated heterocycles. The third kappa shape index (κ3) is 5.54. The van der Waals surface area contributed by atoms with Crippen LogP contribution in [-0.2, 0) is 11.3 Å². The van der Waals surface area contributed by atoms with Crippen LogP contribution in [0, 0.1) is 13.8 Å². The Morgan fingerprint density at radius 1 is 1.12 bits per heavy atom. The summed E-state index contributed by atoms with van der Waals surface area (Å²) >= 11 is 0. The van der Waals surface area contributed by atoms with Crippen LogP contribution in [0.4, 0.5) is 13.2 Å². The molecule has 1 N–H and O–H groups in total. The molecule has 0 unspecified atom stereocenters. The number of benzene rings is 2. The highest BCUT2D eigenvalue weighted by molar-refractivity contribution is 5.77. The SMILES string of the molecule is [2H]C([2H])(c1cc(C)c(OC(C)(C)C(=O)O)c(C)c1)n1ncn(-c2ccc(OC(F)(F)F)cc2)c1=O. The molecule has 0 radical (unpaired) electrons. The summed E-state index contributed by atoms with van der Waals surface area (Å²) in [6, 6.07) is 7.30. The highest BCUT2D eigenvalue weighted by Gasteiger charge is 2.31. The molecule has 0 aliphatic heterocycles. The summed E-state index contributed by atoms with van der Waals surface area (Å²) in [6.45, 7) is 3.58. The first-order chi connectivity index (χ1) is 16.0. The average molecular weight is 467 g/mol. The monoisotopic (exact) mass is 467 g/mol.